The Hall–Kier alpha value is -3.44. The summed E-state index contributed by atoms with van der Waals surface area (Å²) in [4.78, 5) is 11.4. The maximum atomic E-state index is 13.0. The van der Waals surface area contributed by atoms with Crippen LogP contribution in [-0.2, 0) is 18.9 Å². The van der Waals surface area contributed by atoms with Crippen LogP contribution in [0.4, 0.5) is 32.3 Å². The number of nitrogen functional groups attached to an aromatic ring is 1. The highest BCUT2D eigenvalue weighted by molar-refractivity contribution is 5.62. The van der Waals surface area contributed by atoms with E-state index in [2.05, 4.69) is 26.6 Å². The smallest absolute Gasteiger partial charge is 0.368 e. The first kappa shape index (κ1) is 20.3. The van der Waals surface area contributed by atoms with Crippen LogP contribution in [0.2, 0.25) is 0 Å². The highest BCUT2D eigenvalue weighted by atomic mass is 19.4. The lowest BCUT2D eigenvalue weighted by atomic mass is 10.0. The lowest BCUT2D eigenvalue weighted by Crippen LogP contribution is -2.11. The van der Waals surface area contributed by atoms with E-state index in [9.17, 15) is 26.3 Å². The standard InChI is InChI=1S/C17H12F6N6/c1-9(11-5-25-15(24)26-6-11)7-29-8-27-14(28-29)10-2-12(16(18,19)20)4-13(3-10)17(21,22)23/h2-6,8H,1,7H2,(H2,24,25,26). The third-order valence-electron chi connectivity index (χ3n) is 3.82. The second-order valence-electron chi connectivity index (χ2n) is 5.99. The van der Waals surface area contributed by atoms with E-state index in [4.69, 9.17) is 5.73 Å². The number of halogens is 6. The van der Waals surface area contributed by atoms with E-state index in [0.717, 1.165) is 0 Å². The number of alkyl halides is 6. The predicted octanol–water partition coefficient (Wildman–Crippen LogP) is 4.07. The SMILES string of the molecule is C=C(Cn1cnc(-c2cc(C(F)(F)F)cc(C(F)(F)F)c2)n1)c1cnc(N)nc1. The molecule has 0 spiro atoms. The molecule has 0 fully saturated rings. The van der Waals surface area contributed by atoms with Gasteiger partial charge in [-0.2, -0.15) is 31.4 Å². The van der Waals surface area contributed by atoms with Gasteiger partial charge in [0.15, 0.2) is 5.82 Å². The van der Waals surface area contributed by atoms with Crippen molar-refractivity contribution in [1.29, 1.82) is 0 Å². The largest absolute Gasteiger partial charge is 0.416 e. The summed E-state index contributed by atoms with van der Waals surface area (Å²) in [5.74, 6) is -0.224. The van der Waals surface area contributed by atoms with Gasteiger partial charge >= 0.3 is 12.4 Å². The number of hydrogen-bond acceptors (Lipinski definition) is 5. The van der Waals surface area contributed by atoms with Gasteiger partial charge < -0.3 is 5.73 Å². The highest BCUT2D eigenvalue weighted by Gasteiger charge is 2.37. The van der Waals surface area contributed by atoms with Crippen LogP contribution in [0.25, 0.3) is 17.0 Å². The van der Waals surface area contributed by atoms with Crippen LogP contribution >= 0.6 is 0 Å². The normalized spacial score (nSPS) is 12.2. The summed E-state index contributed by atoms with van der Waals surface area (Å²) in [6.45, 7) is 3.88. The summed E-state index contributed by atoms with van der Waals surface area (Å²) in [6.07, 6.45) is -5.90. The number of allylic oxidation sites excluding steroid dienone is 1. The van der Waals surface area contributed by atoms with Crippen molar-refractivity contribution in [1.82, 2.24) is 24.7 Å². The molecule has 0 unspecified atom stereocenters. The molecule has 0 aliphatic heterocycles. The van der Waals surface area contributed by atoms with Crippen molar-refractivity contribution in [2.75, 3.05) is 5.73 Å². The molecule has 2 aromatic heterocycles. The zero-order chi connectivity index (χ0) is 21.4. The molecule has 1 aromatic carbocycles. The summed E-state index contributed by atoms with van der Waals surface area (Å²) >= 11 is 0. The molecule has 3 aromatic rings. The Labute approximate surface area is 159 Å². The van der Waals surface area contributed by atoms with E-state index in [1.165, 1.54) is 23.4 Å². The van der Waals surface area contributed by atoms with Gasteiger partial charge in [0.2, 0.25) is 5.95 Å². The van der Waals surface area contributed by atoms with Crippen LogP contribution in [-0.4, -0.2) is 24.7 Å². The van der Waals surface area contributed by atoms with Gasteiger partial charge in [0.1, 0.15) is 6.33 Å². The second-order valence-corrected chi connectivity index (χ2v) is 5.99. The Morgan fingerprint density at radius 2 is 1.48 bits per heavy atom. The van der Waals surface area contributed by atoms with E-state index in [0.29, 0.717) is 23.3 Å². The van der Waals surface area contributed by atoms with E-state index < -0.39 is 29.0 Å². The minimum Gasteiger partial charge on any atom is -0.368 e. The molecule has 0 saturated carbocycles. The third-order valence-corrected chi connectivity index (χ3v) is 3.82. The van der Waals surface area contributed by atoms with Gasteiger partial charge in [0, 0.05) is 23.5 Å². The molecule has 0 atom stereocenters. The molecule has 0 amide bonds. The summed E-state index contributed by atoms with van der Waals surface area (Å²) in [5, 5.41) is 3.95. The number of nitrogens with zero attached hydrogens (tertiary/aromatic N) is 5. The molecule has 0 radical (unpaired) electrons. The molecule has 0 aliphatic carbocycles. The Morgan fingerprint density at radius 1 is 0.931 bits per heavy atom. The highest BCUT2D eigenvalue weighted by Crippen LogP contribution is 2.38. The fraction of sp³-hybridized carbons (Fsp3) is 0.176. The average molecular weight is 414 g/mol. The summed E-state index contributed by atoms with van der Waals surface area (Å²) in [5.41, 5.74) is 3.12. The second kappa shape index (κ2) is 7.18. The van der Waals surface area contributed by atoms with Crippen LogP contribution in [0.5, 0.6) is 0 Å². The Balaban J connectivity index is 1.91. The topological polar surface area (TPSA) is 82.5 Å². The monoisotopic (exact) mass is 414 g/mol. The lowest BCUT2D eigenvalue weighted by molar-refractivity contribution is -0.143. The average Bonchev–Trinajstić information content (AvgIpc) is 3.09. The van der Waals surface area contributed by atoms with Gasteiger partial charge in [-0.15, -0.1) is 0 Å². The molecule has 12 heteroatoms. The molecule has 2 N–H and O–H groups in total. The first-order valence-corrected chi connectivity index (χ1v) is 7.88. The van der Waals surface area contributed by atoms with Crippen molar-refractivity contribution in [2.45, 2.75) is 18.9 Å². The van der Waals surface area contributed by atoms with E-state index >= 15 is 0 Å². The van der Waals surface area contributed by atoms with Crippen molar-refractivity contribution in [3.63, 3.8) is 0 Å². The van der Waals surface area contributed by atoms with Gasteiger partial charge in [-0.3, -0.25) is 0 Å². The van der Waals surface area contributed by atoms with Gasteiger partial charge in [0.25, 0.3) is 0 Å². The Kier molecular flexibility index (Phi) is 5.03. The van der Waals surface area contributed by atoms with Crippen LogP contribution in [0.3, 0.4) is 0 Å². The Morgan fingerprint density at radius 3 is 2.00 bits per heavy atom. The zero-order valence-electron chi connectivity index (χ0n) is 14.5. The molecule has 0 aliphatic rings. The van der Waals surface area contributed by atoms with E-state index in [-0.39, 0.29) is 24.4 Å². The van der Waals surface area contributed by atoms with E-state index in [1.54, 1.807) is 0 Å². The number of aromatic nitrogens is 5. The van der Waals surface area contributed by atoms with Gasteiger partial charge in [0.05, 0.1) is 17.7 Å². The minimum absolute atomic E-state index is 0.0451. The minimum atomic E-state index is -4.96. The lowest BCUT2D eigenvalue weighted by Gasteiger charge is -2.13. The number of nitrogens with two attached hydrogens (primary N) is 1. The van der Waals surface area contributed by atoms with Crippen molar-refractivity contribution in [2.24, 2.45) is 0 Å². The molecule has 29 heavy (non-hydrogen) atoms. The Bertz CT molecular complexity index is 1000. The summed E-state index contributed by atoms with van der Waals surface area (Å²) in [6, 6.07) is 1.18. The zero-order valence-corrected chi connectivity index (χ0v) is 14.5. The van der Waals surface area contributed by atoms with Crippen molar-refractivity contribution >= 4 is 11.5 Å². The van der Waals surface area contributed by atoms with Crippen LogP contribution in [0, 0.1) is 0 Å². The van der Waals surface area contributed by atoms with Crippen LogP contribution < -0.4 is 5.73 Å². The molecule has 6 nitrogen and oxygen atoms in total. The predicted molar refractivity (Wildman–Crippen MR) is 90.9 cm³/mol. The van der Waals surface area contributed by atoms with Crippen molar-refractivity contribution in [3.05, 3.63) is 60.2 Å². The molecule has 0 saturated heterocycles. The van der Waals surface area contributed by atoms with Gasteiger partial charge in [-0.25, -0.2) is 19.6 Å². The molecule has 0 bridgehead atoms. The molecular formula is C17H12F6N6. The number of anilines is 1. The molecular weight excluding hydrogens is 402 g/mol. The van der Waals surface area contributed by atoms with Gasteiger partial charge in [-0.05, 0) is 23.8 Å². The summed E-state index contributed by atoms with van der Waals surface area (Å²) in [7, 11) is 0. The number of rotatable bonds is 4. The first-order valence-electron chi connectivity index (χ1n) is 7.88. The van der Waals surface area contributed by atoms with Crippen LogP contribution in [0.1, 0.15) is 16.7 Å². The number of hydrogen-bond donors (Lipinski definition) is 1. The summed E-state index contributed by atoms with van der Waals surface area (Å²) < 4.78 is 79.2. The fourth-order valence-corrected chi connectivity index (χ4v) is 2.39. The van der Waals surface area contributed by atoms with E-state index in [1.807, 2.05) is 0 Å². The molecule has 2 heterocycles. The first-order chi connectivity index (χ1) is 13.4. The van der Waals surface area contributed by atoms with Crippen molar-refractivity contribution < 1.29 is 26.3 Å². The maximum Gasteiger partial charge on any atom is 0.416 e. The van der Waals surface area contributed by atoms with Gasteiger partial charge in [-0.1, -0.05) is 6.58 Å². The number of benzene rings is 1. The van der Waals surface area contributed by atoms with Crippen LogP contribution in [0.15, 0.2) is 43.5 Å². The van der Waals surface area contributed by atoms with Crippen molar-refractivity contribution in [3.8, 4) is 11.4 Å². The third kappa shape index (κ3) is 4.70. The quantitative estimate of drug-likeness (QED) is 0.651. The maximum absolute atomic E-state index is 13.0. The fourth-order valence-electron chi connectivity index (χ4n) is 2.39. The molecule has 152 valence electrons. The molecule has 3 rings (SSSR count).